The number of carbonyl (C=O) groups is 1. The van der Waals surface area contributed by atoms with Crippen LogP contribution in [0.4, 0.5) is 0 Å². The molecule has 0 radical (unpaired) electrons. The Morgan fingerprint density at radius 3 is 2.42 bits per heavy atom. The monoisotopic (exact) mass is 286 g/mol. The third-order valence-corrected chi connectivity index (χ3v) is 2.87. The number of nitrogens with one attached hydrogen (secondary N) is 2. The van der Waals surface area contributed by atoms with Gasteiger partial charge in [-0.05, 0) is 30.7 Å². The van der Waals surface area contributed by atoms with Crippen LogP contribution in [-0.4, -0.2) is 33.2 Å². The number of hydrogen-bond donors (Lipinski definition) is 2. The number of rotatable bonds is 7. The first kappa shape index (κ1) is 17.7. The van der Waals surface area contributed by atoms with Crippen LogP contribution in [0.15, 0.2) is 24.3 Å². The molecule has 0 bridgehead atoms. The number of ether oxygens (including phenoxy) is 1. The molecule has 1 atom stereocenters. The largest absolute Gasteiger partial charge is 0.497 e. The minimum atomic E-state index is 0. The van der Waals surface area contributed by atoms with Gasteiger partial charge in [-0.3, -0.25) is 4.79 Å². The van der Waals surface area contributed by atoms with Crippen molar-refractivity contribution in [1.82, 2.24) is 10.6 Å². The van der Waals surface area contributed by atoms with Crippen molar-refractivity contribution in [3.8, 4) is 5.75 Å². The van der Waals surface area contributed by atoms with Crippen LogP contribution in [0.2, 0.25) is 0 Å². The fourth-order valence-corrected chi connectivity index (χ4v) is 1.73. The van der Waals surface area contributed by atoms with E-state index in [1.54, 1.807) is 7.11 Å². The van der Waals surface area contributed by atoms with Gasteiger partial charge in [0.2, 0.25) is 5.91 Å². The molecule has 108 valence electrons. The van der Waals surface area contributed by atoms with Gasteiger partial charge in [-0.25, -0.2) is 0 Å². The van der Waals surface area contributed by atoms with E-state index in [1.807, 2.05) is 31.3 Å². The van der Waals surface area contributed by atoms with E-state index >= 15 is 0 Å². The van der Waals surface area contributed by atoms with Gasteiger partial charge in [-0.15, -0.1) is 12.4 Å². The van der Waals surface area contributed by atoms with Crippen molar-refractivity contribution in [1.29, 1.82) is 0 Å². The van der Waals surface area contributed by atoms with Gasteiger partial charge in [0.25, 0.3) is 0 Å². The summed E-state index contributed by atoms with van der Waals surface area (Å²) in [5.41, 5.74) is 1.15. The molecule has 0 aliphatic carbocycles. The molecule has 0 spiro atoms. The lowest BCUT2D eigenvalue weighted by molar-refractivity contribution is -0.121. The summed E-state index contributed by atoms with van der Waals surface area (Å²) in [7, 11) is 3.51. The Hall–Kier alpha value is -1.26. The van der Waals surface area contributed by atoms with Gasteiger partial charge < -0.3 is 15.4 Å². The zero-order valence-corrected chi connectivity index (χ0v) is 12.5. The molecule has 0 heterocycles. The highest BCUT2D eigenvalue weighted by Gasteiger charge is 2.10. The first-order valence-corrected chi connectivity index (χ1v) is 6.22. The van der Waals surface area contributed by atoms with Crippen LogP contribution in [0.5, 0.6) is 5.75 Å². The number of halogens is 1. The highest BCUT2D eigenvalue weighted by Crippen LogP contribution is 2.21. The van der Waals surface area contributed by atoms with E-state index in [0.717, 1.165) is 17.9 Å². The predicted molar refractivity (Wildman–Crippen MR) is 80.2 cm³/mol. The second kappa shape index (κ2) is 9.64. The molecule has 5 heteroatoms. The summed E-state index contributed by atoms with van der Waals surface area (Å²) in [6, 6.07) is 7.85. The van der Waals surface area contributed by atoms with E-state index in [9.17, 15) is 4.79 Å². The summed E-state index contributed by atoms with van der Waals surface area (Å²) in [4.78, 5) is 11.7. The summed E-state index contributed by atoms with van der Waals surface area (Å²) in [5, 5.41) is 5.87. The first-order valence-electron chi connectivity index (χ1n) is 6.22. The number of amides is 1. The molecule has 4 nitrogen and oxygen atoms in total. The highest BCUT2D eigenvalue weighted by molar-refractivity contribution is 5.85. The molecule has 0 aliphatic heterocycles. The lowest BCUT2D eigenvalue weighted by Crippen LogP contribution is -2.31. The molecule has 1 aromatic rings. The Bertz CT molecular complexity index is 368. The second-order valence-corrected chi connectivity index (χ2v) is 4.33. The third-order valence-electron chi connectivity index (χ3n) is 2.87. The maximum Gasteiger partial charge on any atom is 0.220 e. The van der Waals surface area contributed by atoms with Crippen LogP contribution in [0.25, 0.3) is 0 Å². The molecule has 1 unspecified atom stereocenters. The Labute approximate surface area is 121 Å². The van der Waals surface area contributed by atoms with Gasteiger partial charge in [-0.2, -0.15) is 0 Å². The van der Waals surface area contributed by atoms with E-state index in [2.05, 4.69) is 17.6 Å². The van der Waals surface area contributed by atoms with Crippen molar-refractivity contribution >= 4 is 18.3 Å². The minimum Gasteiger partial charge on any atom is -0.497 e. The van der Waals surface area contributed by atoms with E-state index in [-0.39, 0.29) is 24.2 Å². The minimum absolute atomic E-state index is 0. The van der Waals surface area contributed by atoms with Crippen LogP contribution in [0.1, 0.15) is 24.8 Å². The number of methoxy groups -OCH3 is 1. The van der Waals surface area contributed by atoms with Crippen LogP contribution in [0, 0.1) is 0 Å². The molecular formula is C14H23ClN2O2. The summed E-state index contributed by atoms with van der Waals surface area (Å²) >= 11 is 0. The topological polar surface area (TPSA) is 50.4 Å². The Balaban J connectivity index is 0.00000324. The number of likely N-dealkylation sites (N-methyl/N-ethyl adjacent to an activating group) is 1. The molecule has 1 rings (SSSR count). The van der Waals surface area contributed by atoms with Crippen molar-refractivity contribution in [3.05, 3.63) is 29.8 Å². The third kappa shape index (κ3) is 6.45. The highest BCUT2D eigenvalue weighted by atomic mass is 35.5. The van der Waals surface area contributed by atoms with Gasteiger partial charge in [0.1, 0.15) is 5.75 Å². The van der Waals surface area contributed by atoms with E-state index in [1.165, 1.54) is 0 Å². The molecule has 0 aliphatic rings. The van der Waals surface area contributed by atoms with Crippen molar-refractivity contribution < 1.29 is 9.53 Å². The average molecular weight is 287 g/mol. The van der Waals surface area contributed by atoms with Crippen LogP contribution in [-0.2, 0) is 4.79 Å². The molecule has 19 heavy (non-hydrogen) atoms. The summed E-state index contributed by atoms with van der Waals surface area (Å²) in [5.74, 6) is 1.14. The number of carbonyl (C=O) groups excluding carboxylic acids is 1. The van der Waals surface area contributed by atoms with Gasteiger partial charge in [-0.1, -0.05) is 19.1 Å². The summed E-state index contributed by atoms with van der Waals surface area (Å²) < 4.78 is 5.11. The maximum absolute atomic E-state index is 11.7. The van der Waals surface area contributed by atoms with Crippen molar-refractivity contribution in [2.24, 2.45) is 0 Å². The lowest BCUT2D eigenvalue weighted by Gasteiger charge is -2.12. The Kier molecular flexibility index (Phi) is 9.00. The van der Waals surface area contributed by atoms with Gasteiger partial charge in [0.05, 0.1) is 7.11 Å². The fourth-order valence-electron chi connectivity index (χ4n) is 1.73. The average Bonchev–Trinajstić information content (AvgIpc) is 2.39. The summed E-state index contributed by atoms with van der Waals surface area (Å²) in [6.45, 7) is 3.52. The molecule has 0 saturated heterocycles. The smallest absolute Gasteiger partial charge is 0.220 e. The Morgan fingerprint density at radius 1 is 1.26 bits per heavy atom. The van der Waals surface area contributed by atoms with Gasteiger partial charge >= 0.3 is 0 Å². The predicted octanol–water partition coefficient (Wildman–Crippen LogP) is 1.95. The SMILES string of the molecule is CNCCNC(=O)CC(C)c1ccc(OC)cc1.Cl. The lowest BCUT2D eigenvalue weighted by atomic mass is 9.97. The quantitative estimate of drug-likeness (QED) is 0.753. The molecule has 0 aromatic heterocycles. The van der Waals surface area contributed by atoms with Gasteiger partial charge in [0, 0.05) is 19.5 Å². The zero-order valence-electron chi connectivity index (χ0n) is 11.7. The molecular weight excluding hydrogens is 264 g/mol. The van der Waals surface area contributed by atoms with Crippen molar-refractivity contribution in [3.63, 3.8) is 0 Å². The molecule has 0 fully saturated rings. The van der Waals surface area contributed by atoms with E-state index < -0.39 is 0 Å². The number of benzene rings is 1. The molecule has 1 amide bonds. The van der Waals surface area contributed by atoms with Crippen LogP contribution in [0.3, 0.4) is 0 Å². The number of hydrogen-bond acceptors (Lipinski definition) is 3. The molecule has 1 aromatic carbocycles. The van der Waals surface area contributed by atoms with Gasteiger partial charge in [0.15, 0.2) is 0 Å². The molecule has 0 saturated carbocycles. The van der Waals surface area contributed by atoms with Crippen molar-refractivity contribution in [2.45, 2.75) is 19.3 Å². The normalized spacial score (nSPS) is 11.3. The maximum atomic E-state index is 11.7. The zero-order chi connectivity index (χ0) is 13.4. The first-order chi connectivity index (χ1) is 8.67. The van der Waals surface area contributed by atoms with Crippen molar-refractivity contribution in [2.75, 3.05) is 27.2 Å². The second-order valence-electron chi connectivity index (χ2n) is 4.33. The molecule has 2 N–H and O–H groups in total. The standard InChI is InChI=1S/C14H22N2O2.ClH/c1-11(10-14(17)16-9-8-15-2)12-4-6-13(18-3)7-5-12;/h4-7,11,15H,8-10H2,1-3H3,(H,16,17);1H. The fraction of sp³-hybridized carbons (Fsp3) is 0.500. The van der Waals surface area contributed by atoms with E-state index in [4.69, 9.17) is 4.74 Å². The van der Waals surface area contributed by atoms with Crippen LogP contribution >= 0.6 is 12.4 Å². The Morgan fingerprint density at radius 2 is 1.89 bits per heavy atom. The summed E-state index contributed by atoms with van der Waals surface area (Å²) in [6.07, 6.45) is 0.510. The van der Waals surface area contributed by atoms with E-state index in [0.29, 0.717) is 13.0 Å². The van der Waals surface area contributed by atoms with Crippen LogP contribution < -0.4 is 15.4 Å².